The second kappa shape index (κ2) is 5.21. The molecule has 1 aromatic rings. The molecule has 0 aromatic heterocycles. The molecular formula is C16H23NO. The predicted molar refractivity (Wildman–Crippen MR) is 75.0 cm³/mol. The van der Waals surface area contributed by atoms with Crippen LogP contribution in [-0.2, 0) is 0 Å². The highest BCUT2D eigenvalue weighted by molar-refractivity contribution is 5.48. The standard InChI is InChI=1S/C16H23NO/c1-2-18-16-5-3-4-15(10-16)17-11-14-9-12-6-7-13(14)8-12/h3-5,10,12-14,17H,2,6-9,11H2,1H3. The summed E-state index contributed by atoms with van der Waals surface area (Å²) in [6.07, 6.45) is 5.89. The Morgan fingerprint density at radius 1 is 1.28 bits per heavy atom. The number of anilines is 1. The summed E-state index contributed by atoms with van der Waals surface area (Å²) >= 11 is 0. The van der Waals surface area contributed by atoms with Crippen LogP contribution in [-0.4, -0.2) is 13.2 Å². The zero-order valence-corrected chi connectivity index (χ0v) is 11.2. The third-order valence-corrected chi connectivity index (χ3v) is 4.60. The minimum atomic E-state index is 0.732. The molecule has 2 heteroatoms. The average Bonchev–Trinajstić information content (AvgIpc) is 2.99. The number of nitrogens with one attached hydrogen (secondary N) is 1. The minimum Gasteiger partial charge on any atom is -0.494 e. The van der Waals surface area contributed by atoms with Crippen molar-refractivity contribution in [1.29, 1.82) is 0 Å². The summed E-state index contributed by atoms with van der Waals surface area (Å²) in [5, 5.41) is 3.59. The summed E-state index contributed by atoms with van der Waals surface area (Å²) in [5.74, 6) is 3.91. The molecule has 2 saturated carbocycles. The summed E-state index contributed by atoms with van der Waals surface area (Å²) in [7, 11) is 0. The number of ether oxygens (including phenoxy) is 1. The Morgan fingerprint density at radius 3 is 2.94 bits per heavy atom. The molecule has 3 rings (SSSR count). The van der Waals surface area contributed by atoms with Gasteiger partial charge < -0.3 is 10.1 Å². The molecule has 3 unspecified atom stereocenters. The predicted octanol–water partition coefficient (Wildman–Crippen LogP) is 3.93. The molecule has 0 aliphatic heterocycles. The van der Waals surface area contributed by atoms with Crippen LogP contribution in [0.3, 0.4) is 0 Å². The molecule has 98 valence electrons. The van der Waals surface area contributed by atoms with Gasteiger partial charge in [0.15, 0.2) is 0 Å². The van der Waals surface area contributed by atoms with Crippen molar-refractivity contribution in [3.63, 3.8) is 0 Å². The molecule has 0 heterocycles. The summed E-state index contributed by atoms with van der Waals surface area (Å²) < 4.78 is 5.53. The summed E-state index contributed by atoms with van der Waals surface area (Å²) in [6.45, 7) is 3.89. The van der Waals surface area contributed by atoms with Crippen molar-refractivity contribution in [3.8, 4) is 5.75 Å². The molecule has 1 N–H and O–H groups in total. The molecule has 2 bridgehead atoms. The first-order valence-electron chi connectivity index (χ1n) is 7.32. The molecule has 1 aromatic carbocycles. The van der Waals surface area contributed by atoms with Crippen molar-refractivity contribution in [2.24, 2.45) is 17.8 Å². The molecule has 0 amide bonds. The lowest BCUT2D eigenvalue weighted by Crippen LogP contribution is -2.20. The SMILES string of the molecule is CCOc1cccc(NCC2CC3CCC2C3)c1. The first-order valence-corrected chi connectivity index (χ1v) is 7.32. The van der Waals surface area contributed by atoms with E-state index in [1.165, 1.54) is 31.4 Å². The fraction of sp³-hybridized carbons (Fsp3) is 0.625. The normalized spacial score (nSPS) is 29.5. The van der Waals surface area contributed by atoms with Crippen LogP contribution in [0.15, 0.2) is 24.3 Å². The van der Waals surface area contributed by atoms with Gasteiger partial charge >= 0.3 is 0 Å². The van der Waals surface area contributed by atoms with Gasteiger partial charge in [-0.05, 0) is 56.1 Å². The van der Waals surface area contributed by atoms with Crippen molar-refractivity contribution in [1.82, 2.24) is 0 Å². The van der Waals surface area contributed by atoms with Crippen LogP contribution in [0.5, 0.6) is 5.75 Å². The molecule has 2 fully saturated rings. The van der Waals surface area contributed by atoms with E-state index < -0.39 is 0 Å². The van der Waals surface area contributed by atoms with Crippen molar-refractivity contribution in [2.45, 2.75) is 32.6 Å². The number of benzene rings is 1. The van der Waals surface area contributed by atoms with E-state index in [1.54, 1.807) is 0 Å². The maximum Gasteiger partial charge on any atom is 0.121 e. The van der Waals surface area contributed by atoms with E-state index >= 15 is 0 Å². The zero-order chi connectivity index (χ0) is 12.4. The summed E-state index contributed by atoms with van der Waals surface area (Å²) in [5.41, 5.74) is 1.20. The molecule has 2 aliphatic carbocycles. The fourth-order valence-electron chi connectivity index (χ4n) is 3.74. The average molecular weight is 245 g/mol. The summed E-state index contributed by atoms with van der Waals surface area (Å²) in [4.78, 5) is 0. The lowest BCUT2D eigenvalue weighted by atomic mass is 9.89. The van der Waals surface area contributed by atoms with E-state index in [-0.39, 0.29) is 0 Å². The maximum absolute atomic E-state index is 5.53. The number of hydrogen-bond donors (Lipinski definition) is 1. The van der Waals surface area contributed by atoms with E-state index in [9.17, 15) is 0 Å². The van der Waals surface area contributed by atoms with E-state index in [1.807, 2.05) is 13.0 Å². The van der Waals surface area contributed by atoms with Crippen molar-refractivity contribution in [3.05, 3.63) is 24.3 Å². The van der Waals surface area contributed by atoms with Gasteiger partial charge in [-0.15, -0.1) is 0 Å². The van der Waals surface area contributed by atoms with Gasteiger partial charge in [0.25, 0.3) is 0 Å². The van der Waals surface area contributed by atoms with Crippen LogP contribution in [0.4, 0.5) is 5.69 Å². The molecule has 0 spiro atoms. The molecule has 0 saturated heterocycles. The molecular weight excluding hydrogens is 222 g/mol. The van der Waals surface area contributed by atoms with E-state index in [2.05, 4.69) is 23.5 Å². The van der Waals surface area contributed by atoms with Crippen LogP contribution in [0.2, 0.25) is 0 Å². The fourth-order valence-corrected chi connectivity index (χ4v) is 3.74. The van der Waals surface area contributed by atoms with Crippen molar-refractivity contribution in [2.75, 3.05) is 18.5 Å². The van der Waals surface area contributed by atoms with Crippen LogP contribution >= 0.6 is 0 Å². The minimum absolute atomic E-state index is 0.732. The third kappa shape index (κ3) is 2.47. The third-order valence-electron chi connectivity index (χ3n) is 4.60. The maximum atomic E-state index is 5.53. The van der Waals surface area contributed by atoms with Crippen LogP contribution in [0.25, 0.3) is 0 Å². The van der Waals surface area contributed by atoms with Crippen LogP contribution < -0.4 is 10.1 Å². The summed E-state index contributed by atoms with van der Waals surface area (Å²) in [6, 6.07) is 8.33. The molecule has 0 radical (unpaired) electrons. The topological polar surface area (TPSA) is 21.3 Å². The van der Waals surface area contributed by atoms with Gasteiger partial charge in [0.05, 0.1) is 6.61 Å². The Labute approximate surface area is 110 Å². The van der Waals surface area contributed by atoms with Gasteiger partial charge in [-0.1, -0.05) is 12.5 Å². The van der Waals surface area contributed by atoms with Gasteiger partial charge in [-0.3, -0.25) is 0 Å². The van der Waals surface area contributed by atoms with Gasteiger partial charge in [0.2, 0.25) is 0 Å². The number of hydrogen-bond acceptors (Lipinski definition) is 2. The monoisotopic (exact) mass is 245 g/mol. The molecule has 2 nitrogen and oxygen atoms in total. The van der Waals surface area contributed by atoms with Crippen molar-refractivity contribution >= 4 is 5.69 Å². The highest BCUT2D eigenvalue weighted by atomic mass is 16.5. The van der Waals surface area contributed by atoms with E-state index in [0.717, 1.165) is 36.7 Å². The Morgan fingerprint density at radius 2 is 2.22 bits per heavy atom. The number of rotatable bonds is 5. The van der Waals surface area contributed by atoms with Crippen molar-refractivity contribution < 1.29 is 4.74 Å². The zero-order valence-electron chi connectivity index (χ0n) is 11.2. The lowest BCUT2D eigenvalue weighted by Gasteiger charge is -2.22. The van der Waals surface area contributed by atoms with Gasteiger partial charge in [-0.2, -0.15) is 0 Å². The number of fused-ring (bicyclic) bond motifs is 2. The lowest BCUT2D eigenvalue weighted by molar-refractivity contribution is 0.340. The quantitative estimate of drug-likeness (QED) is 0.848. The van der Waals surface area contributed by atoms with Gasteiger partial charge in [-0.25, -0.2) is 0 Å². The highest BCUT2D eigenvalue weighted by Gasteiger charge is 2.38. The van der Waals surface area contributed by atoms with Crippen LogP contribution in [0.1, 0.15) is 32.6 Å². The van der Waals surface area contributed by atoms with E-state index in [0.29, 0.717) is 0 Å². The van der Waals surface area contributed by atoms with Gasteiger partial charge in [0.1, 0.15) is 5.75 Å². The smallest absolute Gasteiger partial charge is 0.121 e. The first kappa shape index (κ1) is 11.9. The highest BCUT2D eigenvalue weighted by Crippen LogP contribution is 2.48. The second-order valence-corrected chi connectivity index (χ2v) is 5.78. The largest absolute Gasteiger partial charge is 0.494 e. The molecule has 2 aliphatic rings. The Bertz CT molecular complexity index is 404. The Balaban J connectivity index is 1.55. The Kier molecular flexibility index (Phi) is 3.44. The molecule has 18 heavy (non-hydrogen) atoms. The van der Waals surface area contributed by atoms with E-state index in [4.69, 9.17) is 4.74 Å². The van der Waals surface area contributed by atoms with Gasteiger partial charge in [0, 0.05) is 18.3 Å². The second-order valence-electron chi connectivity index (χ2n) is 5.78. The van der Waals surface area contributed by atoms with Crippen LogP contribution in [0, 0.1) is 17.8 Å². The Hall–Kier alpha value is -1.18. The molecule has 3 atom stereocenters. The first-order chi connectivity index (χ1) is 8.85.